The first-order chi connectivity index (χ1) is 8.98. The second-order valence-corrected chi connectivity index (χ2v) is 4.93. The maximum Gasteiger partial charge on any atom is 0.330 e. The molecule has 0 saturated carbocycles. The van der Waals surface area contributed by atoms with Gasteiger partial charge in [0.15, 0.2) is 6.23 Å². The van der Waals surface area contributed by atoms with Gasteiger partial charge in [-0.05, 0) is 6.92 Å². The summed E-state index contributed by atoms with van der Waals surface area (Å²) in [6, 6.07) is 0. The number of fused-ring (bicyclic) bond motifs is 2. The predicted octanol–water partition coefficient (Wildman–Crippen LogP) is -2.14. The number of hydrogen-bond acceptors (Lipinski definition) is 6. The fraction of sp³-hybridized carbons (Fsp3) is 0.636. The number of ether oxygens (including phenoxy) is 2. The molecule has 19 heavy (non-hydrogen) atoms. The normalized spacial score (nSPS) is 36.9. The van der Waals surface area contributed by atoms with E-state index < -0.39 is 41.9 Å². The van der Waals surface area contributed by atoms with E-state index in [1.807, 2.05) is 0 Å². The lowest BCUT2D eigenvalue weighted by Crippen LogP contribution is -2.44. The number of hydrogen-bond donors (Lipinski definition) is 3. The maximum atomic E-state index is 11.8. The lowest BCUT2D eigenvalue weighted by Gasteiger charge is -2.29. The van der Waals surface area contributed by atoms with Gasteiger partial charge >= 0.3 is 5.69 Å². The molecule has 3 rings (SSSR count). The number of nitrogens with one attached hydrogen (secondary N) is 1. The van der Waals surface area contributed by atoms with Crippen LogP contribution in [0.2, 0.25) is 0 Å². The van der Waals surface area contributed by atoms with Gasteiger partial charge in [0.2, 0.25) is 0 Å². The lowest BCUT2D eigenvalue weighted by atomic mass is 10.0. The average Bonchev–Trinajstić information content (AvgIpc) is 2.85. The van der Waals surface area contributed by atoms with Crippen LogP contribution < -0.4 is 11.2 Å². The summed E-state index contributed by atoms with van der Waals surface area (Å²) in [5, 5.41) is 19.4. The quantitative estimate of drug-likeness (QED) is 0.565. The molecular weight excluding hydrogens is 256 g/mol. The van der Waals surface area contributed by atoms with Gasteiger partial charge in [-0.25, -0.2) is 4.79 Å². The van der Waals surface area contributed by atoms with Gasteiger partial charge in [-0.1, -0.05) is 0 Å². The Morgan fingerprint density at radius 1 is 1.58 bits per heavy atom. The number of aryl methyl sites for hydroxylation is 1. The molecule has 0 radical (unpaired) electrons. The van der Waals surface area contributed by atoms with E-state index in [2.05, 4.69) is 4.98 Å². The Balaban J connectivity index is 2.04. The van der Waals surface area contributed by atoms with Gasteiger partial charge in [0.25, 0.3) is 5.56 Å². The van der Waals surface area contributed by atoms with Gasteiger partial charge in [-0.3, -0.25) is 14.3 Å². The van der Waals surface area contributed by atoms with Crippen molar-refractivity contribution < 1.29 is 19.7 Å². The zero-order valence-electron chi connectivity index (χ0n) is 10.2. The van der Waals surface area contributed by atoms with Crippen LogP contribution in [-0.4, -0.2) is 50.8 Å². The highest BCUT2D eigenvalue weighted by Gasteiger charge is 2.61. The van der Waals surface area contributed by atoms with Crippen LogP contribution in [0.4, 0.5) is 0 Å². The molecule has 2 fully saturated rings. The van der Waals surface area contributed by atoms with Crippen molar-refractivity contribution in [2.24, 2.45) is 0 Å². The highest BCUT2D eigenvalue weighted by molar-refractivity contribution is 5.09. The Bertz CT molecular complexity index is 622. The standard InChI is InChI=1S/C11H14N2O6/c1-5-2-13(10(17)12-8(5)16)9-6-7(15)11(3-14,19-9)4-18-6/h2,6-7,9,14-15H,3-4H2,1H3,(H,12,16,17)/t6?,7-,9-,11?/m0/s1. The minimum Gasteiger partial charge on any atom is -0.393 e. The fourth-order valence-electron chi connectivity index (χ4n) is 2.53. The SMILES string of the molecule is Cc1cn([C@H]2OC3(CO)COC2[C@@H]3O)c(=O)[nH]c1=O. The van der Waals surface area contributed by atoms with Crippen molar-refractivity contribution in [3.05, 3.63) is 32.6 Å². The van der Waals surface area contributed by atoms with Gasteiger partial charge in [0, 0.05) is 11.8 Å². The molecule has 2 unspecified atom stereocenters. The Morgan fingerprint density at radius 3 is 2.95 bits per heavy atom. The van der Waals surface area contributed by atoms with Crippen molar-refractivity contribution >= 4 is 0 Å². The van der Waals surface area contributed by atoms with Crippen molar-refractivity contribution in [2.75, 3.05) is 13.2 Å². The third kappa shape index (κ3) is 1.61. The summed E-state index contributed by atoms with van der Waals surface area (Å²) in [6.07, 6.45) is -1.26. The predicted molar refractivity (Wildman–Crippen MR) is 61.7 cm³/mol. The number of H-pyrrole nitrogens is 1. The first-order valence-corrected chi connectivity index (χ1v) is 5.89. The van der Waals surface area contributed by atoms with Crippen LogP contribution in [-0.2, 0) is 9.47 Å². The van der Waals surface area contributed by atoms with Crippen LogP contribution >= 0.6 is 0 Å². The minimum atomic E-state index is -1.20. The molecule has 4 atom stereocenters. The molecular formula is C11H14N2O6. The van der Waals surface area contributed by atoms with Gasteiger partial charge in [-0.2, -0.15) is 0 Å². The fourth-order valence-corrected chi connectivity index (χ4v) is 2.53. The summed E-state index contributed by atoms with van der Waals surface area (Å²) in [6.45, 7) is 1.22. The third-order valence-electron chi connectivity index (χ3n) is 3.69. The van der Waals surface area contributed by atoms with E-state index in [-0.39, 0.29) is 6.61 Å². The Labute approximate surface area is 107 Å². The van der Waals surface area contributed by atoms with Crippen molar-refractivity contribution in [3.63, 3.8) is 0 Å². The lowest BCUT2D eigenvalue weighted by molar-refractivity contribution is -0.187. The topological polar surface area (TPSA) is 114 Å². The molecule has 104 valence electrons. The average molecular weight is 270 g/mol. The summed E-state index contributed by atoms with van der Waals surface area (Å²) < 4.78 is 12.1. The van der Waals surface area contributed by atoms with Gasteiger partial charge in [0.05, 0.1) is 13.2 Å². The van der Waals surface area contributed by atoms with Crippen LogP contribution in [0.5, 0.6) is 0 Å². The monoisotopic (exact) mass is 270 g/mol. The van der Waals surface area contributed by atoms with E-state index in [9.17, 15) is 19.8 Å². The number of aromatic amines is 1. The maximum absolute atomic E-state index is 11.8. The molecule has 8 heteroatoms. The van der Waals surface area contributed by atoms with Gasteiger partial charge in [-0.15, -0.1) is 0 Å². The minimum absolute atomic E-state index is 0.0723. The molecule has 3 N–H and O–H groups in total. The van der Waals surface area contributed by atoms with Crippen molar-refractivity contribution in [3.8, 4) is 0 Å². The summed E-state index contributed by atoms with van der Waals surface area (Å²) in [4.78, 5) is 25.3. The first-order valence-electron chi connectivity index (χ1n) is 5.89. The van der Waals surface area contributed by atoms with Crippen LogP contribution in [0.1, 0.15) is 11.8 Å². The zero-order chi connectivity index (χ0) is 13.8. The van der Waals surface area contributed by atoms with Crippen LogP contribution in [0, 0.1) is 6.92 Å². The van der Waals surface area contributed by atoms with E-state index in [0.29, 0.717) is 5.56 Å². The Hall–Kier alpha value is -1.48. The molecule has 0 aromatic carbocycles. The van der Waals surface area contributed by atoms with E-state index in [4.69, 9.17) is 9.47 Å². The summed E-state index contributed by atoms with van der Waals surface area (Å²) >= 11 is 0. The van der Waals surface area contributed by atoms with Crippen LogP contribution in [0.15, 0.2) is 15.8 Å². The summed E-state index contributed by atoms with van der Waals surface area (Å²) in [5.74, 6) is 0. The highest BCUT2D eigenvalue weighted by Crippen LogP contribution is 2.44. The molecule has 8 nitrogen and oxygen atoms in total. The van der Waals surface area contributed by atoms with Crippen LogP contribution in [0.25, 0.3) is 0 Å². The number of nitrogens with zero attached hydrogens (tertiary/aromatic N) is 1. The molecule has 2 aliphatic rings. The molecule has 2 saturated heterocycles. The van der Waals surface area contributed by atoms with Crippen molar-refractivity contribution in [1.29, 1.82) is 0 Å². The van der Waals surface area contributed by atoms with E-state index in [1.54, 1.807) is 6.92 Å². The molecule has 2 bridgehead atoms. The number of rotatable bonds is 2. The second-order valence-electron chi connectivity index (χ2n) is 4.93. The molecule has 3 heterocycles. The zero-order valence-corrected chi connectivity index (χ0v) is 10.2. The van der Waals surface area contributed by atoms with Gasteiger partial charge < -0.3 is 19.7 Å². The summed E-state index contributed by atoms with van der Waals surface area (Å²) in [7, 11) is 0. The number of aliphatic hydroxyl groups excluding tert-OH is 2. The van der Waals surface area contributed by atoms with E-state index in [1.165, 1.54) is 10.8 Å². The Kier molecular flexibility index (Phi) is 2.65. The number of aromatic nitrogens is 2. The smallest absolute Gasteiger partial charge is 0.330 e. The largest absolute Gasteiger partial charge is 0.393 e. The second kappa shape index (κ2) is 4.01. The third-order valence-corrected chi connectivity index (χ3v) is 3.69. The molecule has 0 amide bonds. The highest BCUT2D eigenvalue weighted by atomic mass is 16.7. The van der Waals surface area contributed by atoms with Crippen molar-refractivity contribution in [2.45, 2.75) is 31.0 Å². The first kappa shape index (κ1) is 12.5. The molecule has 1 aromatic rings. The van der Waals surface area contributed by atoms with E-state index >= 15 is 0 Å². The van der Waals surface area contributed by atoms with Crippen LogP contribution in [0.3, 0.4) is 0 Å². The summed E-state index contributed by atoms with van der Waals surface area (Å²) in [5.41, 5.74) is -1.96. The molecule has 0 spiro atoms. The Morgan fingerprint density at radius 2 is 2.32 bits per heavy atom. The molecule has 0 aliphatic carbocycles. The van der Waals surface area contributed by atoms with Gasteiger partial charge in [0.1, 0.15) is 17.8 Å². The van der Waals surface area contributed by atoms with E-state index in [0.717, 1.165) is 0 Å². The molecule has 1 aromatic heterocycles. The number of aliphatic hydroxyl groups is 2. The van der Waals surface area contributed by atoms with Crippen molar-refractivity contribution in [1.82, 2.24) is 9.55 Å². The molecule has 2 aliphatic heterocycles.